The van der Waals surface area contributed by atoms with Gasteiger partial charge in [-0.05, 0) is 6.42 Å². The van der Waals surface area contributed by atoms with E-state index in [2.05, 4.69) is 16.0 Å². The number of hydrogen-bond acceptors (Lipinski definition) is 9. The highest BCUT2D eigenvalue weighted by Crippen LogP contribution is 2.04. The number of aliphatic hydroxyl groups is 4. The third-order valence-corrected chi connectivity index (χ3v) is 3.77. The van der Waals surface area contributed by atoms with Crippen LogP contribution in [0.1, 0.15) is 19.3 Å². The van der Waals surface area contributed by atoms with E-state index in [1.165, 1.54) is 0 Å². The Kier molecular flexibility index (Phi) is 9.04. The summed E-state index contributed by atoms with van der Waals surface area (Å²) in [6.45, 7) is -1.17. The minimum absolute atomic E-state index is 0.0594. The zero-order valence-electron chi connectivity index (χ0n) is 14.3. The highest BCUT2D eigenvalue weighted by molar-refractivity contribution is 6.01. The number of urea groups is 1. The minimum atomic E-state index is -1.68. The lowest BCUT2D eigenvalue weighted by Crippen LogP contribution is -2.71. The van der Waals surface area contributed by atoms with E-state index < -0.39 is 60.9 Å². The van der Waals surface area contributed by atoms with Crippen molar-refractivity contribution in [2.45, 2.75) is 49.8 Å². The Morgan fingerprint density at radius 3 is 2.37 bits per heavy atom. The molecule has 13 nitrogen and oxygen atoms in total. The largest absolute Gasteiger partial charge is 0.481 e. The monoisotopic (exact) mass is 392 g/mol. The predicted molar refractivity (Wildman–Crippen MR) is 87.0 cm³/mol. The van der Waals surface area contributed by atoms with Gasteiger partial charge in [0.05, 0.1) is 12.7 Å². The van der Waals surface area contributed by atoms with Gasteiger partial charge in [-0.1, -0.05) is 0 Å². The molecule has 154 valence electrons. The van der Waals surface area contributed by atoms with Crippen molar-refractivity contribution in [2.24, 2.45) is 0 Å². The van der Waals surface area contributed by atoms with Crippen molar-refractivity contribution in [1.29, 1.82) is 0 Å². The van der Waals surface area contributed by atoms with Gasteiger partial charge >= 0.3 is 12.0 Å². The first-order valence-corrected chi connectivity index (χ1v) is 8.16. The maximum atomic E-state index is 12.0. The standard InChI is InChI=1S/C14H24N4O9/c19-5-7(21)11(25)6(20)4-15-12-10(13(26)18-14(27)17-12)16-8(22)2-1-3-9(23)24/h6-7,10-12,15,19-21,25H,1-5H2,(H,16,22)(H,23,24)(H2,17,18,26,27)/t6-,7+,10?,11-,12?/m0/s1. The fourth-order valence-electron chi connectivity index (χ4n) is 2.30. The summed E-state index contributed by atoms with van der Waals surface area (Å²) in [6, 6.07) is -2.11. The number of hydrogen-bond donors (Lipinski definition) is 9. The number of carbonyl (C=O) groups excluding carboxylic acids is 3. The zero-order chi connectivity index (χ0) is 20.6. The molecule has 9 N–H and O–H groups in total. The molecule has 0 aliphatic carbocycles. The molecule has 1 aliphatic heterocycles. The van der Waals surface area contributed by atoms with E-state index in [0.29, 0.717) is 0 Å². The van der Waals surface area contributed by atoms with Crippen LogP contribution in [0, 0.1) is 0 Å². The van der Waals surface area contributed by atoms with Crippen molar-refractivity contribution >= 4 is 23.8 Å². The molecule has 0 saturated carbocycles. The van der Waals surface area contributed by atoms with Crippen LogP contribution in [0.3, 0.4) is 0 Å². The smallest absolute Gasteiger partial charge is 0.322 e. The molecule has 4 amide bonds. The molecule has 0 spiro atoms. The third kappa shape index (κ3) is 7.44. The molecule has 0 aromatic rings. The zero-order valence-corrected chi connectivity index (χ0v) is 14.3. The number of aliphatic hydroxyl groups excluding tert-OH is 4. The summed E-state index contributed by atoms with van der Waals surface area (Å²) in [5, 5.41) is 55.1. The molecule has 27 heavy (non-hydrogen) atoms. The van der Waals surface area contributed by atoms with Crippen molar-refractivity contribution < 1.29 is 44.7 Å². The van der Waals surface area contributed by atoms with E-state index in [0.717, 1.165) is 0 Å². The van der Waals surface area contributed by atoms with E-state index >= 15 is 0 Å². The van der Waals surface area contributed by atoms with E-state index in [1.54, 1.807) is 0 Å². The predicted octanol–water partition coefficient (Wildman–Crippen LogP) is -4.44. The van der Waals surface area contributed by atoms with Crippen molar-refractivity contribution in [3.63, 3.8) is 0 Å². The second-order valence-electron chi connectivity index (χ2n) is 5.95. The van der Waals surface area contributed by atoms with Crippen LogP contribution in [0.25, 0.3) is 0 Å². The topological polar surface area (TPSA) is 218 Å². The molecule has 13 heteroatoms. The van der Waals surface area contributed by atoms with Gasteiger partial charge in [0.1, 0.15) is 24.4 Å². The van der Waals surface area contributed by atoms with Crippen LogP contribution in [0.5, 0.6) is 0 Å². The van der Waals surface area contributed by atoms with Crippen LogP contribution in [0.2, 0.25) is 0 Å². The lowest BCUT2D eigenvalue weighted by atomic mass is 10.1. The number of imide groups is 1. The Bertz CT molecular complexity index is 559. The SMILES string of the molecule is O=C(O)CCCC(=O)NC1C(=O)NC(=O)NC1NC[C@H](O)[C@H](O)[C@H](O)CO. The summed E-state index contributed by atoms with van der Waals surface area (Å²) in [5.74, 6) is -2.51. The van der Waals surface area contributed by atoms with Crippen LogP contribution in [0.4, 0.5) is 4.79 Å². The van der Waals surface area contributed by atoms with Crippen molar-refractivity contribution in [2.75, 3.05) is 13.2 Å². The average molecular weight is 392 g/mol. The molecule has 1 aliphatic rings. The number of rotatable bonds is 11. The van der Waals surface area contributed by atoms with E-state index in [-0.39, 0.29) is 25.8 Å². The second kappa shape index (κ2) is 10.7. The summed E-state index contributed by atoms with van der Waals surface area (Å²) >= 11 is 0. The Labute approximate surface area is 153 Å². The fraction of sp³-hybridized carbons (Fsp3) is 0.714. The second-order valence-corrected chi connectivity index (χ2v) is 5.95. The summed E-state index contributed by atoms with van der Waals surface area (Å²) in [5.41, 5.74) is 0. The summed E-state index contributed by atoms with van der Waals surface area (Å²) in [6.07, 6.45) is -6.26. The lowest BCUT2D eigenvalue weighted by Gasteiger charge is -2.33. The van der Waals surface area contributed by atoms with Crippen molar-refractivity contribution in [3.8, 4) is 0 Å². The van der Waals surface area contributed by atoms with Gasteiger partial charge in [-0.2, -0.15) is 0 Å². The lowest BCUT2D eigenvalue weighted by molar-refractivity contribution is -0.137. The maximum absolute atomic E-state index is 12.0. The average Bonchev–Trinajstić information content (AvgIpc) is 2.60. The first kappa shape index (κ1) is 22.7. The quantitative estimate of drug-likeness (QED) is 0.164. The van der Waals surface area contributed by atoms with Crippen molar-refractivity contribution in [1.82, 2.24) is 21.3 Å². The first-order chi connectivity index (χ1) is 12.6. The number of carboxylic acid groups (broad SMARTS) is 1. The molecule has 1 heterocycles. The van der Waals surface area contributed by atoms with Crippen LogP contribution in [-0.4, -0.2) is 93.0 Å². The number of amides is 4. The minimum Gasteiger partial charge on any atom is -0.481 e. The molecule has 1 saturated heterocycles. The highest BCUT2D eigenvalue weighted by Gasteiger charge is 2.37. The molecule has 0 aromatic heterocycles. The molecule has 5 atom stereocenters. The Balaban J connectivity index is 2.64. The fourth-order valence-corrected chi connectivity index (χ4v) is 2.30. The summed E-state index contributed by atoms with van der Waals surface area (Å²) in [7, 11) is 0. The molecule has 1 fully saturated rings. The van der Waals surface area contributed by atoms with Gasteiger partial charge in [-0.15, -0.1) is 0 Å². The number of carboxylic acids is 1. The number of nitrogens with one attached hydrogen (secondary N) is 4. The molecular weight excluding hydrogens is 368 g/mol. The number of aliphatic carboxylic acids is 1. The first-order valence-electron chi connectivity index (χ1n) is 8.16. The molecular formula is C14H24N4O9. The molecule has 0 bridgehead atoms. The summed E-state index contributed by atoms with van der Waals surface area (Å²) < 4.78 is 0. The van der Waals surface area contributed by atoms with Gasteiger partial charge < -0.3 is 36.2 Å². The van der Waals surface area contributed by atoms with Gasteiger partial charge in [-0.3, -0.25) is 25.0 Å². The number of carbonyl (C=O) groups is 4. The Hall–Kier alpha value is -2.32. The van der Waals surface area contributed by atoms with Gasteiger partial charge in [-0.25, -0.2) is 4.79 Å². The van der Waals surface area contributed by atoms with Crippen LogP contribution in [-0.2, 0) is 14.4 Å². The van der Waals surface area contributed by atoms with Gasteiger partial charge in [0.25, 0.3) is 5.91 Å². The third-order valence-electron chi connectivity index (χ3n) is 3.77. The molecule has 0 aromatic carbocycles. The van der Waals surface area contributed by atoms with Crippen LogP contribution in [0.15, 0.2) is 0 Å². The molecule has 2 unspecified atom stereocenters. The van der Waals surface area contributed by atoms with Gasteiger partial charge in [0.15, 0.2) is 0 Å². The van der Waals surface area contributed by atoms with Gasteiger partial charge in [0, 0.05) is 19.4 Å². The Morgan fingerprint density at radius 2 is 1.78 bits per heavy atom. The van der Waals surface area contributed by atoms with E-state index in [9.17, 15) is 34.5 Å². The Morgan fingerprint density at radius 1 is 1.11 bits per heavy atom. The summed E-state index contributed by atoms with van der Waals surface area (Å²) in [4.78, 5) is 45.7. The van der Waals surface area contributed by atoms with Gasteiger partial charge in [0.2, 0.25) is 5.91 Å². The molecule has 0 radical (unpaired) electrons. The normalized spacial score (nSPS) is 23.0. The van der Waals surface area contributed by atoms with Crippen molar-refractivity contribution in [3.05, 3.63) is 0 Å². The highest BCUT2D eigenvalue weighted by atomic mass is 16.4. The van der Waals surface area contributed by atoms with E-state index in [1.807, 2.05) is 5.32 Å². The van der Waals surface area contributed by atoms with Crippen LogP contribution >= 0.6 is 0 Å². The van der Waals surface area contributed by atoms with E-state index in [4.69, 9.17) is 10.2 Å². The maximum Gasteiger partial charge on any atom is 0.322 e. The molecule has 1 rings (SSSR count). The van der Waals surface area contributed by atoms with Crippen LogP contribution < -0.4 is 21.3 Å².